The van der Waals surface area contributed by atoms with E-state index in [1.165, 1.54) is 25.1 Å². The molecule has 0 saturated heterocycles. The molecule has 0 aliphatic heterocycles. The van der Waals surface area contributed by atoms with Gasteiger partial charge in [0.2, 0.25) is 0 Å². The first-order valence-corrected chi connectivity index (χ1v) is 6.99. The number of hydrogen-bond acceptors (Lipinski definition) is 5. The van der Waals surface area contributed by atoms with Crippen LogP contribution in [-0.2, 0) is 19.4 Å². The van der Waals surface area contributed by atoms with Gasteiger partial charge >= 0.3 is 5.97 Å². The maximum Gasteiger partial charge on any atom is 0.306 e. The van der Waals surface area contributed by atoms with Crippen LogP contribution < -0.4 is 0 Å². The van der Waals surface area contributed by atoms with Crippen LogP contribution in [0.5, 0.6) is 0 Å². The minimum atomic E-state index is -2.87. The Hall–Kier alpha value is -0.230. The second kappa shape index (κ2) is 6.26. The van der Waals surface area contributed by atoms with Crippen molar-refractivity contribution < 1.29 is 17.9 Å². The summed E-state index contributed by atoms with van der Waals surface area (Å²) in [4.78, 5) is 10.6. The van der Waals surface area contributed by atoms with Gasteiger partial charge in [-0.3, -0.25) is 4.79 Å². The minimum absolute atomic E-state index is 0.166. The summed E-state index contributed by atoms with van der Waals surface area (Å²) in [7, 11) is -1.53. The van der Waals surface area contributed by atoms with Gasteiger partial charge in [-0.25, -0.2) is 8.42 Å². The molecule has 0 fully saturated rings. The van der Waals surface area contributed by atoms with Crippen molar-refractivity contribution in [1.29, 1.82) is 0 Å². The molecule has 0 aromatic carbocycles. The van der Waals surface area contributed by atoms with Gasteiger partial charge in [0.05, 0.1) is 19.3 Å². The minimum Gasteiger partial charge on any atom is -0.469 e. The van der Waals surface area contributed by atoms with Gasteiger partial charge in [0.25, 0.3) is 0 Å². The molecule has 0 aliphatic rings. The molecule has 0 amide bonds. The smallest absolute Gasteiger partial charge is 0.306 e. The monoisotopic (exact) mass is 226 g/mol. The quantitative estimate of drug-likeness (QED) is 0.482. The number of ether oxygens (including phenoxy) is 1. The normalized spacial score (nSPS) is 11.2. The van der Waals surface area contributed by atoms with Crippen molar-refractivity contribution in [2.45, 2.75) is 6.42 Å². The summed E-state index contributed by atoms with van der Waals surface area (Å²) >= 11 is 1.44. The first kappa shape index (κ1) is 12.8. The topological polar surface area (TPSA) is 60.4 Å². The fourth-order valence-electron chi connectivity index (χ4n) is 0.570. The zero-order chi connectivity index (χ0) is 10.3. The van der Waals surface area contributed by atoms with Gasteiger partial charge < -0.3 is 4.74 Å². The van der Waals surface area contributed by atoms with Crippen LogP contribution in [0.2, 0.25) is 0 Å². The van der Waals surface area contributed by atoms with Crippen LogP contribution in [-0.4, -0.2) is 45.0 Å². The molecular weight excluding hydrogens is 212 g/mol. The number of sulfone groups is 1. The largest absolute Gasteiger partial charge is 0.469 e. The van der Waals surface area contributed by atoms with Crippen LogP contribution in [0, 0.1) is 0 Å². The fourth-order valence-corrected chi connectivity index (χ4v) is 2.77. The average molecular weight is 226 g/mol. The lowest BCUT2D eigenvalue weighted by Crippen LogP contribution is -2.07. The highest BCUT2D eigenvalue weighted by Crippen LogP contribution is 2.03. The third-order valence-corrected chi connectivity index (χ3v) is 3.47. The SMILES string of the molecule is COC(=O)CCSCCS(C)(=O)=O. The number of carbonyl (C=O) groups is 1. The molecule has 0 N–H and O–H groups in total. The van der Waals surface area contributed by atoms with Crippen LogP contribution >= 0.6 is 11.8 Å². The Kier molecular flexibility index (Phi) is 6.15. The van der Waals surface area contributed by atoms with E-state index >= 15 is 0 Å². The summed E-state index contributed by atoms with van der Waals surface area (Å²) in [6, 6.07) is 0. The Balaban J connectivity index is 3.33. The van der Waals surface area contributed by atoms with Crippen LogP contribution in [0.25, 0.3) is 0 Å². The molecule has 78 valence electrons. The predicted molar refractivity (Wildman–Crippen MR) is 53.7 cm³/mol. The molecule has 6 heteroatoms. The summed E-state index contributed by atoms with van der Waals surface area (Å²) in [5, 5.41) is 0. The average Bonchev–Trinajstić information content (AvgIpc) is 2.01. The summed E-state index contributed by atoms with van der Waals surface area (Å²) in [5.41, 5.74) is 0. The van der Waals surface area contributed by atoms with Crippen molar-refractivity contribution in [2.75, 3.05) is 30.6 Å². The third kappa shape index (κ3) is 9.69. The number of rotatable bonds is 6. The molecular formula is C7H14O4S2. The second-order valence-electron chi connectivity index (χ2n) is 2.57. The van der Waals surface area contributed by atoms with E-state index in [0.29, 0.717) is 17.9 Å². The molecule has 0 bridgehead atoms. The Morgan fingerprint density at radius 3 is 2.46 bits per heavy atom. The van der Waals surface area contributed by atoms with Crippen LogP contribution in [0.4, 0.5) is 0 Å². The number of esters is 1. The van der Waals surface area contributed by atoms with Crippen molar-refractivity contribution in [3.63, 3.8) is 0 Å². The van der Waals surface area contributed by atoms with E-state index in [1.54, 1.807) is 0 Å². The van der Waals surface area contributed by atoms with Gasteiger partial charge in [-0.2, -0.15) is 11.8 Å². The Labute approximate surface area is 83.0 Å². The van der Waals surface area contributed by atoms with E-state index in [4.69, 9.17) is 0 Å². The third-order valence-electron chi connectivity index (χ3n) is 1.28. The van der Waals surface area contributed by atoms with Crippen molar-refractivity contribution in [1.82, 2.24) is 0 Å². The second-order valence-corrected chi connectivity index (χ2v) is 6.05. The van der Waals surface area contributed by atoms with Gasteiger partial charge in [0, 0.05) is 17.8 Å². The predicted octanol–water partition coefficient (Wildman–Crippen LogP) is 0.327. The summed E-state index contributed by atoms with van der Waals surface area (Å²) < 4.78 is 25.8. The molecule has 0 aromatic heterocycles. The van der Waals surface area contributed by atoms with Gasteiger partial charge in [0.15, 0.2) is 0 Å². The molecule has 13 heavy (non-hydrogen) atoms. The van der Waals surface area contributed by atoms with E-state index in [-0.39, 0.29) is 11.7 Å². The van der Waals surface area contributed by atoms with Crippen LogP contribution in [0.1, 0.15) is 6.42 Å². The lowest BCUT2D eigenvalue weighted by atomic mass is 10.5. The summed E-state index contributed by atoms with van der Waals surface area (Å²) in [5.74, 6) is 1.06. The molecule has 0 heterocycles. The number of thioether (sulfide) groups is 1. The van der Waals surface area contributed by atoms with Crippen LogP contribution in [0.3, 0.4) is 0 Å². The summed E-state index contributed by atoms with van der Waals surface area (Å²) in [6.07, 6.45) is 1.54. The van der Waals surface area contributed by atoms with Crippen molar-refractivity contribution in [3.8, 4) is 0 Å². The standard InChI is InChI=1S/C7H14O4S2/c1-11-7(8)3-4-12-5-6-13(2,9)10/h3-6H2,1-2H3. The van der Waals surface area contributed by atoms with E-state index < -0.39 is 9.84 Å². The molecule has 0 aliphatic carbocycles. The Morgan fingerprint density at radius 1 is 1.38 bits per heavy atom. The molecule has 0 saturated carbocycles. The highest BCUT2D eigenvalue weighted by atomic mass is 32.2. The van der Waals surface area contributed by atoms with Crippen molar-refractivity contribution in [2.24, 2.45) is 0 Å². The van der Waals surface area contributed by atoms with Gasteiger partial charge in [-0.15, -0.1) is 0 Å². The Morgan fingerprint density at radius 2 is 2.00 bits per heavy atom. The maximum atomic E-state index is 10.7. The van der Waals surface area contributed by atoms with Gasteiger partial charge in [-0.05, 0) is 0 Å². The number of carbonyl (C=O) groups excluding carboxylic acids is 1. The molecule has 0 unspecified atom stereocenters. The number of methoxy groups -OCH3 is 1. The fraction of sp³-hybridized carbons (Fsp3) is 0.857. The highest BCUT2D eigenvalue weighted by Gasteiger charge is 2.03. The molecule has 0 spiro atoms. The first-order valence-electron chi connectivity index (χ1n) is 3.78. The Bertz CT molecular complexity index is 245. The lowest BCUT2D eigenvalue weighted by molar-refractivity contribution is -0.140. The van der Waals surface area contributed by atoms with Crippen molar-refractivity contribution in [3.05, 3.63) is 0 Å². The molecule has 0 aromatic rings. The highest BCUT2D eigenvalue weighted by molar-refractivity contribution is 8.00. The zero-order valence-electron chi connectivity index (χ0n) is 7.78. The maximum absolute atomic E-state index is 10.7. The molecule has 4 nitrogen and oxygen atoms in total. The number of hydrogen-bond donors (Lipinski definition) is 0. The molecule has 0 radical (unpaired) electrons. The van der Waals surface area contributed by atoms with Crippen molar-refractivity contribution >= 4 is 27.6 Å². The first-order chi connectivity index (χ1) is 5.95. The van der Waals surface area contributed by atoms with E-state index in [1.807, 2.05) is 0 Å². The van der Waals surface area contributed by atoms with E-state index in [9.17, 15) is 13.2 Å². The van der Waals surface area contributed by atoms with Gasteiger partial charge in [-0.1, -0.05) is 0 Å². The summed E-state index contributed by atoms with van der Waals surface area (Å²) in [6.45, 7) is 0. The van der Waals surface area contributed by atoms with Crippen LogP contribution in [0.15, 0.2) is 0 Å². The zero-order valence-corrected chi connectivity index (χ0v) is 9.41. The molecule has 0 rings (SSSR count). The lowest BCUT2D eigenvalue weighted by Gasteiger charge is -1.99. The van der Waals surface area contributed by atoms with E-state index in [2.05, 4.69) is 4.74 Å². The van der Waals surface area contributed by atoms with Gasteiger partial charge in [0.1, 0.15) is 9.84 Å². The molecule has 0 atom stereocenters. The van der Waals surface area contributed by atoms with E-state index in [0.717, 1.165) is 0 Å².